The van der Waals surface area contributed by atoms with Crippen LogP contribution in [-0.4, -0.2) is 90.9 Å². The van der Waals surface area contributed by atoms with Crippen molar-refractivity contribution < 1.29 is 23.4 Å². The summed E-state index contributed by atoms with van der Waals surface area (Å²) in [4.78, 5) is 24.9. The molecule has 11 nitrogen and oxygen atoms in total. The van der Waals surface area contributed by atoms with Crippen LogP contribution >= 0.6 is 0 Å². The molecule has 1 aromatic heterocycles. The van der Waals surface area contributed by atoms with Gasteiger partial charge in [-0.25, -0.2) is 14.4 Å². The van der Waals surface area contributed by atoms with Crippen LogP contribution in [0.15, 0.2) is 73.4 Å². The molecule has 4 heterocycles. The number of anilines is 3. The van der Waals surface area contributed by atoms with Gasteiger partial charge in [0, 0.05) is 55.9 Å². The van der Waals surface area contributed by atoms with E-state index in [2.05, 4.69) is 49.5 Å². The number of piperidine rings is 1. The van der Waals surface area contributed by atoms with E-state index in [1.54, 1.807) is 24.1 Å². The van der Waals surface area contributed by atoms with Gasteiger partial charge in [-0.05, 0) is 43.2 Å². The first-order chi connectivity index (χ1) is 22.0. The molecule has 1 unspecified atom stereocenters. The summed E-state index contributed by atoms with van der Waals surface area (Å²) in [6, 6.07) is 8.61. The number of aromatic nitrogens is 2. The van der Waals surface area contributed by atoms with Gasteiger partial charge in [0.05, 0.1) is 49.0 Å². The summed E-state index contributed by atoms with van der Waals surface area (Å²) in [7, 11) is 1.61. The molecule has 0 saturated carbocycles. The number of nitrogens with one attached hydrogen (secondary N) is 3. The highest BCUT2D eigenvalue weighted by Gasteiger charge is 2.23. The number of hydrogen-bond donors (Lipinski definition) is 3. The number of amides is 1. The average molecular weight is 616 g/mol. The number of morpholine rings is 1. The Kier molecular flexibility index (Phi) is 9.30. The van der Waals surface area contributed by atoms with Crippen molar-refractivity contribution in [2.45, 2.75) is 24.9 Å². The Bertz CT molecular complexity index is 1600. The Hall–Kier alpha value is -4.84. The van der Waals surface area contributed by atoms with Crippen molar-refractivity contribution >= 4 is 34.0 Å². The van der Waals surface area contributed by atoms with Crippen LogP contribution in [0.3, 0.4) is 0 Å². The molecule has 3 aliphatic heterocycles. The third kappa shape index (κ3) is 7.12. The van der Waals surface area contributed by atoms with E-state index >= 15 is 4.39 Å². The standard InChI is InChI=1S/C33H38FN7O4/c1-3-32(42)41-10-8-22(9-11-41)38-30-17-26-29(18-31(30)43-2)36-21-37-33(26)39-28-7-6-25(16-27(28)34)45-20-23-4-5-24(19-35-23)40-12-14-44-15-13-40/h3-7,16-19,21-23,35,38H,1,8-15,20H2,2H3,(H,36,37,39). The van der Waals surface area contributed by atoms with E-state index in [-0.39, 0.29) is 23.7 Å². The minimum atomic E-state index is -0.464. The second-order valence-electron chi connectivity index (χ2n) is 11.1. The number of carbonyl (C=O) groups is 1. The quantitative estimate of drug-likeness (QED) is 0.287. The summed E-state index contributed by atoms with van der Waals surface area (Å²) in [5.41, 5.74) is 2.82. The summed E-state index contributed by atoms with van der Waals surface area (Å²) in [5, 5.41) is 10.7. The van der Waals surface area contributed by atoms with Gasteiger partial charge < -0.3 is 40.0 Å². The Morgan fingerprint density at radius 1 is 1.16 bits per heavy atom. The molecule has 236 valence electrons. The number of dihydropyridines is 1. The van der Waals surface area contributed by atoms with E-state index in [0.717, 1.165) is 50.5 Å². The zero-order valence-electron chi connectivity index (χ0n) is 25.3. The van der Waals surface area contributed by atoms with Gasteiger partial charge >= 0.3 is 0 Å². The van der Waals surface area contributed by atoms with Crippen LogP contribution in [0.2, 0.25) is 0 Å². The molecule has 2 aromatic carbocycles. The van der Waals surface area contributed by atoms with Gasteiger partial charge in [-0.3, -0.25) is 4.79 Å². The van der Waals surface area contributed by atoms with Crippen LogP contribution in [-0.2, 0) is 9.53 Å². The van der Waals surface area contributed by atoms with Gasteiger partial charge in [0.1, 0.15) is 36.1 Å². The Morgan fingerprint density at radius 3 is 2.69 bits per heavy atom. The van der Waals surface area contributed by atoms with Crippen molar-refractivity contribution in [1.29, 1.82) is 0 Å². The van der Waals surface area contributed by atoms with Gasteiger partial charge in [-0.1, -0.05) is 12.7 Å². The van der Waals surface area contributed by atoms with Crippen LogP contribution in [0, 0.1) is 5.82 Å². The molecule has 3 aliphatic rings. The first-order valence-electron chi connectivity index (χ1n) is 15.2. The van der Waals surface area contributed by atoms with Crippen molar-refractivity contribution in [3.8, 4) is 11.5 Å². The fraction of sp³-hybridized carbons (Fsp3) is 0.364. The summed E-state index contributed by atoms with van der Waals surface area (Å²) >= 11 is 0. The molecule has 0 aliphatic carbocycles. The lowest BCUT2D eigenvalue weighted by molar-refractivity contribution is -0.126. The molecule has 2 saturated heterocycles. The van der Waals surface area contributed by atoms with E-state index in [1.165, 1.54) is 18.5 Å². The second kappa shape index (κ2) is 13.9. The van der Waals surface area contributed by atoms with Crippen molar-refractivity contribution in [2.75, 3.05) is 63.7 Å². The number of hydrogen-bond acceptors (Lipinski definition) is 10. The van der Waals surface area contributed by atoms with E-state index in [4.69, 9.17) is 14.2 Å². The Balaban J connectivity index is 1.10. The lowest BCUT2D eigenvalue weighted by atomic mass is 10.0. The van der Waals surface area contributed by atoms with E-state index < -0.39 is 5.82 Å². The van der Waals surface area contributed by atoms with Gasteiger partial charge in [0.2, 0.25) is 5.91 Å². The third-order valence-corrected chi connectivity index (χ3v) is 8.24. The number of halogens is 1. The monoisotopic (exact) mass is 615 g/mol. The zero-order chi connectivity index (χ0) is 31.2. The van der Waals surface area contributed by atoms with E-state index in [1.807, 2.05) is 18.3 Å². The SMILES string of the molecule is C=CC(=O)N1CCC(Nc2cc3c(Nc4ccc(OCC5C=CC(N6CCOCC6)=CN5)cc4F)ncnc3cc2OC)CC1. The Labute approximate surface area is 261 Å². The van der Waals surface area contributed by atoms with Gasteiger partial charge in [-0.15, -0.1) is 0 Å². The van der Waals surface area contributed by atoms with Gasteiger partial charge in [-0.2, -0.15) is 0 Å². The zero-order valence-corrected chi connectivity index (χ0v) is 25.3. The predicted octanol–water partition coefficient (Wildman–Crippen LogP) is 4.19. The first kappa shape index (κ1) is 30.2. The van der Waals surface area contributed by atoms with Crippen LogP contribution in [0.5, 0.6) is 11.5 Å². The number of allylic oxidation sites excluding steroid dienone is 1. The molecule has 0 spiro atoms. The molecule has 45 heavy (non-hydrogen) atoms. The number of nitrogens with zero attached hydrogens (tertiary/aromatic N) is 4. The van der Waals surface area contributed by atoms with Crippen LogP contribution in [0.25, 0.3) is 10.9 Å². The number of rotatable bonds is 10. The van der Waals surface area contributed by atoms with Crippen molar-refractivity contribution in [3.05, 3.63) is 79.2 Å². The van der Waals surface area contributed by atoms with Crippen LogP contribution < -0.4 is 25.4 Å². The van der Waals surface area contributed by atoms with Gasteiger partial charge in [0.25, 0.3) is 0 Å². The van der Waals surface area contributed by atoms with Crippen molar-refractivity contribution in [3.63, 3.8) is 0 Å². The maximum absolute atomic E-state index is 15.3. The second-order valence-corrected chi connectivity index (χ2v) is 11.1. The summed E-state index contributed by atoms with van der Waals surface area (Å²) in [6.07, 6.45) is 10.5. The minimum absolute atomic E-state index is 0.0231. The minimum Gasteiger partial charge on any atom is -0.495 e. The smallest absolute Gasteiger partial charge is 0.245 e. The fourth-order valence-electron chi connectivity index (χ4n) is 5.69. The van der Waals surface area contributed by atoms with Crippen LogP contribution in [0.1, 0.15) is 12.8 Å². The third-order valence-electron chi connectivity index (χ3n) is 8.24. The maximum Gasteiger partial charge on any atom is 0.245 e. The predicted molar refractivity (Wildman–Crippen MR) is 171 cm³/mol. The maximum atomic E-state index is 15.3. The highest BCUT2D eigenvalue weighted by atomic mass is 19.1. The molecule has 6 rings (SSSR count). The van der Waals surface area contributed by atoms with Crippen molar-refractivity contribution in [2.24, 2.45) is 0 Å². The largest absolute Gasteiger partial charge is 0.495 e. The molecular weight excluding hydrogens is 577 g/mol. The molecule has 3 aromatic rings. The number of ether oxygens (including phenoxy) is 3. The number of benzene rings is 2. The molecule has 1 atom stereocenters. The number of carbonyl (C=O) groups excluding carboxylic acids is 1. The van der Waals surface area contributed by atoms with Crippen molar-refractivity contribution in [1.82, 2.24) is 25.1 Å². The molecule has 1 amide bonds. The normalized spacial score (nSPS) is 18.6. The van der Waals surface area contributed by atoms with E-state index in [0.29, 0.717) is 47.9 Å². The average Bonchev–Trinajstić information content (AvgIpc) is 3.09. The fourth-order valence-corrected chi connectivity index (χ4v) is 5.69. The summed E-state index contributed by atoms with van der Waals surface area (Å²) in [5.74, 6) is 1.02. The molecular formula is C33H38FN7O4. The number of methoxy groups -OCH3 is 1. The summed E-state index contributed by atoms with van der Waals surface area (Å²) < 4.78 is 32.3. The highest BCUT2D eigenvalue weighted by Crippen LogP contribution is 2.35. The Morgan fingerprint density at radius 2 is 1.98 bits per heavy atom. The molecule has 0 bridgehead atoms. The first-order valence-corrected chi connectivity index (χ1v) is 15.2. The van der Waals surface area contributed by atoms with Gasteiger partial charge in [0.15, 0.2) is 0 Å². The highest BCUT2D eigenvalue weighted by molar-refractivity contribution is 5.95. The molecule has 3 N–H and O–H groups in total. The lowest BCUT2D eigenvalue weighted by Gasteiger charge is -2.32. The summed E-state index contributed by atoms with van der Waals surface area (Å²) in [6.45, 7) is 8.44. The lowest BCUT2D eigenvalue weighted by Crippen LogP contribution is -2.41. The number of fused-ring (bicyclic) bond motifs is 1. The number of likely N-dealkylation sites (tertiary alicyclic amines) is 1. The van der Waals surface area contributed by atoms with Crippen LogP contribution in [0.4, 0.5) is 21.6 Å². The van der Waals surface area contributed by atoms with E-state index in [9.17, 15) is 4.79 Å². The molecule has 12 heteroatoms. The molecule has 0 radical (unpaired) electrons. The topological polar surface area (TPSA) is 113 Å². The molecule has 2 fully saturated rings.